The largest absolute Gasteiger partial charge is 0.290 e. The Kier molecular flexibility index (Phi) is 3.75. The summed E-state index contributed by atoms with van der Waals surface area (Å²) in [6.07, 6.45) is 0. The molecule has 0 aliphatic carbocycles. The highest BCUT2D eigenvalue weighted by Crippen LogP contribution is 2.13. The summed E-state index contributed by atoms with van der Waals surface area (Å²) < 4.78 is 0. The van der Waals surface area contributed by atoms with E-state index in [0.29, 0.717) is 0 Å². The third-order valence-electron chi connectivity index (χ3n) is 2.66. The minimum atomic E-state index is -0.0993. The van der Waals surface area contributed by atoms with Crippen LogP contribution in [0.25, 0.3) is 0 Å². The second kappa shape index (κ2) is 5.48. The van der Waals surface area contributed by atoms with Crippen LogP contribution in [0.2, 0.25) is 0 Å². The highest BCUT2D eigenvalue weighted by atomic mass is 15.1. The van der Waals surface area contributed by atoms with E-state index in [1.165, 1.54) is 0 Å². The van der Waals surface area contributed by atoms with Crippen molar-refractivity contribution >= 4 is 17.1 Å². The van der Waals surface area contributed by atoms with Crippen molar-refractivity contribution in [3.05, 3.63) is 30.3 Å². The summed E-state index contributed by atoms with van der Waals surface area (Å²) in [5.74, 6) is 0. The van der Waals surface area contributed by atoms with Crippen LogP contribution in [0.3, 0.4) is 0 Å². The zero-order chi connectivity index (χ0) is 12.1. The maximum atomic E-state index is 4.42. The topological polar surface area (TPSA) is 49.4 Å². The van der Waals surface area contributed by atoms with E-state index in [1.54, 1.807) is 0 Å². The fourth-order valence-corrected chi connectivity index (χ4v) is 1.71. The second-order valence-corrected chi connectivity index (χ2v) is 4.00. The van der Waals surface area contributed by atoms with Gasteiger partial charge in [-0.1, -0.05) is 18.2 Å². The zero-order valence-corrected chi connectivity index (χ0v) is 10.2. The molecule has 1 aliphatic heterocycles. The Morgan fingerprint density at radius 2 is 1.59 bits per heavy atom. The van der Waals surface area contributed by atoms with Crippen molar-refractivity contribution < 1.29 is 0 Å². The maximum absolute atomic E-state index is 4.42. The molecule has 0 N–H and O–H groups in total. The molecule has 0 aromatic heterocycles. The van der Waals surface area contributed by atoms with Gasteiger partial charge in [-0.3, -0.25) is 9.98 Å². The number of benzene rings is 1. The molecule has 1 aliphatic rings. The third-order valence-corrected chi connectivity index (χ3v) is 2.66. The maximum Gasteiger partial charge on any atom is 0.146 e. The van der Waals surface area contributed by atoms with Gasteiger partial charge in [-0.2, -0.15) is 10.2 Å². The molecular formula is C13H16N4. The first-order valence-corrected chi connectivity index (χ1v) is 5.75. The fraction of sp³-hybridized carbons (Fsp3) is 0.385. The molecule has 4 heteroatoms. The highest BCUT2D eigenvalue weighted by Gasteiger charge is 2.16. The van der Waals surface area contributed by atoms with Crippen LogP contribution >= 0.6 is 0 Å². The van der Waals surface area contributed by atoms with Crippen LogP contribution in [0.5, 0.6) is 0 Å². The lowest BCUT2D eigenvalue weighted by Gasteiger charge is -2.08. The van der Waals surface area contributed by atoms with Crippen LogP contribution in [0.4, 0.5) is 5.69 Å². The molecule has 0 fully saturated rings. The van der Waals surface area contributed by atoms with Gasteiger partial charge < -0.3 is 0 Å². The molecule has 0 bridgehead atoms. The number of azo groups is 1. The van der Waals surface area contributed by atoms with Gasteiger partial charge in [-0.25, -0.2) is 0 Å². The molecule has 17 heavy (non-hydrogen) atoms. The van der Waals surface area contributed by atoms with Gasteiger partial charge in [0.2, 0.25) is 0 Å². The number of nitrogens with zero attached hydrogens (tertiary/aromatic N) is 4. The Morgan fingerprint density at radius 3 is 2.18 bits per heavy atom. The molecule has 0 amide bonds. The molecule has 0 atom stereocenters. The predicted octanol–water partition coefficient (Wildman–Crippen LogP) is 3.07. The summed E-state index contributed by atoms with van der Waals surface area (Å²) in [4.78, 5) is 8.83. The summed E-state index contributed by atoms with van der Waals surface area (Å²) in [5.41, 5.74) is 2.84. The molecule has 88 valence electrons. The second-order valence-electron chi connectivity index (χ2n) is 4.00. The molecule has 0 spiro atoms. The van der Waals surface area contributed by atoms with Gasteiger partial charge in [-0.15, -0.1) is 0 Å². The molecule has 0 saturated heterocycles. The Labute approximate surface area is 101 Å². The zero-order valence-electron chi connectivity index (χ0n) is 10.2. The number of hydrogen-bond acceptors (Lipinski definition) is 4. The lowest BCUT2D eigenvalue weighted by Crippen LogP contribution is -2.23. The number of hydrogen-bond donors (Lipinski definition) is 0. The number of aliphatic imine (C=N–C) groups is 2. The van der Waals surface area contributed by atoms with E-state index in [1.807, 2.05) is 44.2 Å². The molecule has 0 unspecified atom stereocenters. The lowest BCUT2D eigenvalue weighted by atomic mass is 10.1. The smallest absolute Gasteiger partial charge is 0.146 e. The Balaban J connectivity index is 2.19. The van der Waals surface area contributed by atoms with Crippen molar-refractivity contribution in [3.63, 3.8) is 0 Å². The Hall–Kier alpha value is -1.84. The minimum Gasteiger partial charge on any atom is -0.290 e. The Morgan fingerprint density at radius 1 is 1.00 bits per heavy atom. The van der Waals surface area contributed by atoms with E-state index in [4.69, 9.17) is 0 Å². The van der Waals surface area contributed by atoms with Crippen LogP contribution in [-0.2, 0) is 0 Å². The molecule has 1 aromatic rings. The van der Waals surface area contributed by atoms with E-state index >= 15 is 0 Å². The van der Waals surface area contributed by atoms with Crippen LogP contribution < -0.4 is 0 Å². The van der Waals surface area contributed by atoms with E-state index in [2.05, 4.69) is 20.2 Å². The van der Waals surface area contributed by atoms with Crippen molar-refractivity contribution in [2.45, 2.75) is 19.9 Å². The van der Waals surface area contributed by atoms with E-state index in [9.17, 15) is 0 Å². The summed E-state index contributed by atoms with van der Waals surface area (Å²) in [6.45, 7) is 5.47. The lowest BCUT2D eigenvalue weighted by molar-refractivity contribution is 0.983. The standard InChI is InChI=1S/C13H16N4/c1-10-13(11(2)15-9-8-14-10)17-16-12-6-4-3-5-7-12/h3-7,13H,8-9H2,1-2H3. The van der Waals surface area contributed by atoms with Crippen molar-refractivity contribution in [2.75, 3.05) is 13.1 Å². The molecule has 1 heterocycles. The average Bonchev–Trinajstić information content (AvgIpc) is 2.50. The highest BCUT2D eigenvalue weighted by molar-refractivity contribution is 6.09. The van der Waals surface area contributed by atoms with Crippen LogP contribution in [0, 0.1) is 0 Å². The normalized spacial score (nSPS) is 17.8. The summed E-state index contributed by atoms with van der Waals surface area (Å²) >= 11 is 0. The van der Waals surface area contributed by atoms with Gasteiger partial charge >= 0.3 is 0 Å². The van der Waals surface area contributed by atoms with Crippen molar-refractivity contribution in [1.29, 1.82) is 0 Å². The first kappa shape index (κ1) is 11.6. The predicted molar refractivity (Wildman–Crippen MR) is 70.7 cm³/mol. The van der Waals surface area contributed by atoms with Gasteiger partial charge in [-0.05, 0) is 26.0 Å². The van der Waals surface area contributed by atoms with Crippen LogP contribution in [0.1, 0.15) is 13.8 Å². The van der Waals surface area contributed by atoms with Gasteiger partial charge in [0.15, 0.2) is 0 Å². The van der Waals surface area contributed by atoms with Crippen molar-refractivity contribution in [1.82, 2.24) is 0 Å². The van der Waals surface area contributed by atoms with E-state index in [0.717, 1.165) is 30.2 Å². The number of rotatable bonds is 2. The molecule has 2 rings (SSSR count). The fourth-order valence-electron chi connectivity index (χ4n) is 1.71. The van der Waals surface area contributed by atoms with Gasteiger partial charge in [0.05, 0.1) is 18.8 Å². The van der Waals surface area contributed by atoms with Crippen LogP contribution in [-0.4, -0.2) is 30.6 Å². The van der Waals surface area contributed by atoms with Gasteiger partial charge in [0.25, 0.3) is 0 Å². The van der Waals surface area contributed by atoms with Gasteiger partial charge in [0.1, 0.15) is 6.04 Å². The van der Waals surface area contributed by atoms with Gasteiger partial charge in [0, 0.05) is 11.4 Å². The average molecular weight is 228 g/mol. The molecule has 1 aromatic carbocycles. The summed E-state index contributed by atoms with van der Waals surface area (Å²) in [5, 5.41) is 8.57. The minimum absolute atomic E-state index is 0.0993. The first-order chi connectivity index (χ1) is 8.27. The molecule has 0 saturated carbocycles. The SMILES string of the molecule is CC1=NCCN=C(C)C1N=Nc1ccccc1. The first-order valence-electron chi connectivity index (χ1n) is 5.75. The summed E-state index contributed by atoms with van der Waals surface area (Å²) in [6, 6.07) is 9.62. The van der Waals surface area contributed by atoms with Crippen LogP contribution in [0.15, 0.2) is 50.5 Å². The molecule has 0 radical (unpaired) electrons. The molecule has 4 nitrogen and oxygen atoms in total. The molecular weight excluding hydrogens is 212 g/mol. The van der Waals surface area contributed by atoms with E-state index in [-0.39, 0.29) is 6.04 Å². The summed E-state index contributed by atoms with van der Waals surface area (Å²) in [7, 11) is 0. The van der Waals surface area contributed by atoms with Crippen molar-refractivity contribution in [2.24, 2.45) is 20.2 Å². The van der Waals surface area contributed by atoms with Crippen molar-refractivity contribution in [3.8, 4) is 0 Å². The quantitative estimate of drug-likeness (QED) is 0.698. The third kappa shape index (κ3) is 3.06. The van der Waals surface area contributed by atoms with E-state index < -0.39 is 0 Å². The monoisotopic (exact) mass is 228 g/mol. The Bertz CT molecular complexity index is 440.